The molecule has 0 saturated carbocycles. The van der Waals surface area contributed by atoms with Crippen LogP contribution in [0.1, 0.15) is 37.7 Å². The van der Waals surface area contributed by atoms with Gasteiger partial charge in [-0.3, -0.25) is 14.4 Å². The van der Waals surface area contributed by atoms with E-state index in [1.165, 1.54) is 0 Å². The number of nitrogens with one attached hydrogen (secondary N) is 2. The van der Waals surface area contributed by atoms with E-state index in [2.05, 4.69) is 10.6 Å². The molecule has 2 heterocycles. The number of benzene rings is 1. The van der Waals surface area contributed by atoms with E-state index in [-0.39, 0.29) is 30.7 Å². The second-order valence-electron chi connectivity index (χ2n) is 6.82. The Kier molecular flexibility index (Phi) is 5.75. The molecule has 1 atom stereocenters. The fraction of sp³-hybridized carbons (Fsp3) is 0.526. The second kappa shape index (κ2) is 8.21. The number of anilines is 1. The largest absolute Gasteiger partial charge is 0.482 e. The molecule has 26 heavy (non-hydrogen) atoms. The third kappa shape index (κ3) is 4.33. The van der Waals surface area contributed by atoms with Gasteiger partial charge in [-0.25, -0.2) is 0 Å². The normalized spacial score (nSPS) is 19.9. The number of amides is 3. The van der Waals surface area contributed by atoms with Crippen molar-refractivity contribution < 1.29 is 19.1 Å². The van der Waals surface area contributed by atoms with E-state index in [0.717, 1.165) is 24.1 Å². The molecule has 2 aliphatic heterocycles. The van der Waals surface area contributed by atoms with Gasteiger partial charge in [0.05, 0.1) is 5.69 Å². The Morgan fingerprint density at radius 3 is 3.04 bits per heavy atom. The first-order chi connectivity index (χ1) is 12.5. The van der Waals surface area contributed by atoms with Gasteiger partial charge in [-0.1, -0.05) is 6.07 Å². The van der Waals surface area contributed by atoms with E-state index in [0.29, 0.717) is 31.7 Å². The summed E-state index contributed by atoms with van der Waals surface area (Å²) >= 11 is 0. The number of carbonyl (C=O) groups is 3. The van der Waals surface area contributed by atoms with Crippen LogP contribution in [0.3, 0.4) is 0 Å². The summed E-state index contributed by atoms with van der Waals surface area (Å²) in [7, 11) is 0. The molecule has 1 saturated heterocycles. The number of fused-ring (bicyclic) bond motifs is 1. The smallest absolute Gasteiger partial charge is 0.265 e. The van der Waals surface area contributed by atoms with Crippen LogP contribution in [0.25, 0.3) is 0 Å². The molecule has 3 amide bonds. The van der Waals surface area contributed by atoms with E-state index in [9.17, 15) is 14.4 Å². The minimum absolute atomic E-state index is 0.0184. The Bertz CT molecular complexity index is 704. The van der Waals surface area contributed by atoms with Gasteiger partial charge in [0.1, 0.15) is 11.8 Å². The van der Waals surface area contributed by atoms with Gasteiger partial charge in [-0.15, -0.1) is 0 Å². The summed E-state index contributed by atoms with van der Waals surface area (Å²) < 4.78 is 5.46. The zero-order chi connectivity index (χ0) is 18.5. The molecule has 2 N–H and O–H groups in total. The van der Waals surface area contributed by atoms with Crippen molar-refractivity contribution in [1.82, 2.24) is 10.6 Å². The lowest BCUT2D eigenvalue weighted by Crippen LogP contribution is -2.45. The van der Waals surface area contributed by atoms with Gasteiger partial charge in [0.25, 0.3) is 5.91 Å². The first kappa shape index (κ1) is 18.2. The Labute approximate surface area is 153 Å². The molecule has 0 radical (unpaired) electrons. The predicted octanol–water partition coefficient (Wildman–Crippen LogP) is 1.29. The summed E-state index contributed by atoms with van der Waals surface area (Å²) in [6.07, 6.45) is 3.33. The van der Waals surface area contributed by atoms with Crippen molar-refractivity contribution in [2.75, 3.05) is 24.6 Å². The molecule has 2 aliphatic rings. The number of aryl methyl sites for hydroxylation is 1. The van der Waals surface area contributed by atoms with E-state index < -0.39 is 6.04 Å². The van der Waals surface area contributed by atoms with Crippen LogP contribution in [0.5, 0.6) is 5.75 Å². The van der Waals surface area contributed by atoms with Crippen LogP contribution in [-0.2, 0) is 14.4 Å². The topological polar surface area (TPSA) is 87.7 Å². The molecule has 140 valence electrons. The Morgan fingerprint density at radius 2 is 2.19 bits per heavy atom. The molecule has 0 bridgehead atoms. The van der Waals surface area contributed by atoms with Gasteiger partial charge in [0.2, 0.25) is 11.8 Å². The maximum atomic E-state index is 12.2. The number of rotatable bonds is 5. The Hall–Kier alpha value is -2.57. The molecule has 7 nitrogen and oxygen atoms in total. The summed E-state index contributed by atoms with van der Waals surface area (Å²) in [5.41, 5.74) is 1.80. The molecule has 1 aromatic rings. The third-order valence-electron chi connectivity index (χ3n) is 4.71. The van der Waals surface area contributed by atoms with E-state index >= 15 is 0 Å². The number of ether oxygens (including phenoxy) is 1. The molecule has 3 rings (SSSR count). The molecule has 1 fully saturated rings. The molecule has 1 aromatic carbocycles. The number of carbonyl (C=O) groups excluding carboxylic acids is 3. The molecule has 0 aliphatic carbocycles. The maximum Gasteiger partial charge on any atom is 0.265 e. The van der Waals surface area contributed by atoms with Crippen LogP contribution in [0.15, 0.2) is 18.2 Å². The average molecular weight is 359 g/mol. The monoisotopic (exact) mass is 359 g/mol. The van der Waals surface area contributed by atoms with Gasteiger partial charge >= 0.3 is 0 Å². The fourth-order valence-corrected chi connectivity index (χ4v) is 3.30. The highest BCUT2D eigenvalue weighted by molar-refractivity contribution is 5.98. The van der Waals surface area contributed by atoms with Gasteiger partial charge in [-0.2, -0.15) is 0 Å². The third-order valence-corrected chi connectivity index (χ3v) is 4.71. The van der Waals surface area contributed by atoms with Gasteiger partial charge in [0, 0.05) is 19.5 Å². The average Bonchev–Trinajstić information content (AvgIpc) is 2.81. The van der Waals surface area contributed by atoms with E-state index in [1.807, 2.05) is 25.1 Å². The first-order valence-corrected chi connectivity index (χ1v) is 9.15. The van der Waals surface area contributed by atoms with Gasteiger partial charge in [0.15, 0.2) is 6.61 Å². The molecule has 0 spiro atoms. The van der Waals surface area contributed by atoms with Crippen LogP contribution >= 0.6 is 0 Å². The number of hydrogen-bond donors (Lipinski definition) is 2. The highest BCUT2D eigenvalue weighted by atomic mass is 16.5. The molecule has 7 heteroatoms. The second-order valence-corrected chi connectivity index (χ2v) is 6.82. The maximum absolute atomic E-state index is 12.2. The van der Waals surface area contributed by atoms with Crippen LogP contribution < -0.4 is 20.3 Å². The van der Waals surface area contributed by atoms with Crippen LogP contribution in [-0.4, -0.2) is 43.5 Å². The van der Waals surface area contributed by atoms with Gasteiger partial charge < -0.3 is 20.3 Å². The van der Waals surface area contributed by atoms with Crippen LogP contribution in [0.4, 0.5) is 5.69 Å². The highest BCUT2D eigenvalue weighted by Crippen LogP contribution is 2.32. The lowest BCUT2D eigenvalue weighted by molar-refractivity contribution is -0.128. The van der Waals surface area contributed by atoms with Crippen molar-refractivity contribution in [3.8, 4) is 5.75 Å². The molecule has 0 aromatic heterocycles. The first-order valence-electron chi connectivity index (χ1n) is 9.15. The highest BCUT2D eigenvalue weighted by Gasteiger charge is 2.26. The standard InChI is InChI=1S/C19H25N3O4/c1-13-7-8-16-15(11-13)22(18(24)12-26-16)10-4-6-17(23)21-14-5-2-3-9-20-19(14)25/h7-8,11,14H,2-6,9-10,12H2,1H3,(H,20,25)(H,21,23). The van der Waals surface area contributed by atoms with Gasteiger partial charge in [-0.05, 0) is 50.3 Å². The predicted molar refractivity (Wildman–Crippen MR) is 97.1 cm³/mol. The minimum Gasteiger partial charge on any atom is -0.482 e. The van der Waals surface area contributed by atoms with Crippen molar-refractivity contribution in [2.45, 2.75) is 45.1 Å². The zero-order valence-corrected chi connectivity index (χ0v) is 15.0. The van der Waals surface area contributed by atoms with Crippen LogP contribution in [0.2, 0.25) is 0 Å². The summed E-state index contributed by atoms with van der Waals surface area (Å²) in [6.45, 7) is 3.10. The number of hydrogen-bond acceptors (Lipinski definition) is 4. The van der Waals surface area contributed by atoms with Crippen molar-refractivity contribution in [3.63, 3.8) is 0 Å². The Balaban J connectivity index is 1.53. The van der Waals surface area contributed by atoms with Crippen molar-refractivity contribution in [2.24, 2.45) is 0 Å². The Morgan fingerprint density at radius 1 is 1.35 bits per heavy atom. The van der Waals surface area contributed by atoms with Crippen LogP contribution in [0, 0.1) is 6.92 Å². The van der Waals surface area contributed by atoms with Crippen molar-refractivity contribution in [1.29, 1.82) is 0 Å². The lowest BCUT2D eigenvalue weighted by Gasteiger charge is -2.29. The quantitative estimate of drug-likeness (QED) is 0.829. The zero-order valence-electron chi connectivity index (χ0n) is 15.0. The molecular weight excluding hydrogens is 334 g/mol. The SMILES string of the molecule is Cc1ccc2c(c1)N(CCCC(=O)NC1CCCCNC1=O)C(=O)CO2. The summed E-state index contributed by atoms with van der Waals surface area (Å²) in [5, 5.41) is 5.62. The van der Waals surface area contributed by atoms with E-state index in [4.69, 9.17) is 4.74 Å². The van der Waals surface area contributed by atoms with Crippen molar-refractivity contribution >= 4 is 23.4 Å². The number of nitrogens with zero attached hydrogens (tertiary/aromatic N) is 1. The minimum atomic E-state index is -0.446. The summed E-state index contributed by atoms with van der Waals surface area (Å²) in [6, 6.07) is 5.28. The molecular formula is C19H25N3O4. The van der Waals surface area contributed by atoms with E-state index in [1.54, 1.807) is 4.90 Å². The van der Waals surface area contributed by atoms with Crippen molar-refractivity contribution in [3.05, 3.63) is 23.8 Å². The fourth-order valence-electron chi connectivity index (χ4n) is 3.30. The summed E-state index contributed by atoms with van der Waals surface area (Å²) in [5.74, 6) is 0.322. The lowest BCUT2D eigenvalue weighted by atomic mass is 10.1. The summed E-state index contributed by atoms with van der Waals surface area (Å²) in [4.78, 5) is 37.9. The molecule has 1 unspecified atom stereocenters.